The fourth-order valence-corrected chi connectivity index (χ4v) is 2.20. The summed E-state index contributed by atoms with van der Waals surface area (Å²) in [4.78, 5) is 36.3. The van der Waals surface area contributed by atoms with Gasteiger partial charge in [0.1, 0.15) is 0 Å². The van der Waals surface area contributed by atoms with E-state index in [-0.39, 0.29) is 30.1 Å². The largest absolute Gasteiger partial charge is 1.00 e. The summed E-state index contributed by atoms with van der Waals surface area (Å²) < 4.78 is 0. The quantitative estimate of drug-likeness (QED) is 0.462. The third kappa shape index (κ3) is 2.38. The molecule has 0 atom stereocenters. The van der Waals surface area contributed by atoms with Crippen LogP contribution in [-0.2, 0) is 0 Å². The number of carboxylic acids is 1. The summed E-state index contributed by atoms with van der Waals surface area (Å²) in [6.07, 6.45) is 0. The van der Waals surface area contributed by atoms with Gasteiger partial charge in [-0.1, -0.05) is 24.3 Å². The second-order valence-electron chi connectivity index (χ2n) is 4.33. The molecule has 6 heteroatoms. The van der Waals surface area contributed by atoms with E-state index in [1.54, 1.807) is 24.3 Å². The van der Waals surface area contributed by atoms with Crippen LogP contribution in [0.15, 0.2) is 48.5 Å². The number of fused-ring (bicyclic) bond motifs is 1. The van der Waals surface area contributed by atoms with Crippen molar-refractivity contribution in [2.75, 3.05) is 4.90 Å². The van der Waals surface area contributed by atoms with E-state index in [9.17, 15) is 19.5 Å². The smallest absolute Gasteiger partial charge is 0.545 e. The second kappa shape index (κ2) is 5.56. The standard InChI is InChI=1S/C15H9NO4.Li/c17-13-11-6-1-2-7-12(11)14(18)16(13)10-5-3-4-9(8-10)15(19)20;/h1-8H,(H,19,20);/q;+1/p-1. The number of carbonyl (C=O) groups is 3. The Morgan fingerprint density at radius 2 is 1.48 bits per heavy atom. The number of benzene rings is 2. The number of carbonyl (C=O) groups excluding carboxylic acids is 3. The van der Waals surface area contributed by atoms with Gasteiger partial charge in [0.15, 0.2) is 0 Å². The van der Waals surface area contributed by atoms with E-state index in [1.165, 1.54) is 24.3 Å². The minimum Gasteiger partial charge on any atom is -0.545 e. The van der Waals surface area contributed by atoms with Gasteiger partial charge >= 0.3 is 18.9 Å². The molecule has 0 radical (unpaired) electrons. The predicted octanol–water partition coefficient (Wildman–Crippen LogP) is -2.15. The first-order valence-electron chi connectivity index (χ1n) is 5.89. The van der Waals surface area contributed by atoms with Crippen molar-refractivity contribution in [2.45, 2.75) is 0 Å². The van der Waals surface area contributed by atoms with Crippen molar-refractivity contribution < 1.29 is 38.4 Å². The maximum Gasteiger partial charge on any atom is 1.00 e. The summed E-state index contributed by atoms with van der Waals surface area (Å²) in [5, 5.41) is 10.8. The molecule has 2 aromatic carbocycles. The summed E-state index contributed by atoms with van der Waals surface area (Å²) in [5.74, 6) is -2.27. The molecule has 2 aromatic rings. The first-order chi connectivity index (χ1) is 9.59. The van der Waals surface area contributed by atoms with Crippen LogP contribution < -0.4 is 28.9 Å². The molecule has 0 unspecified atom stereocenters. The molecular formula is C15H8LiNO4. The third-order valence-electron chi connectivity index (χ3n) is 3.13. The molecule has 0 aromatic heterocycles. The van der Waals surface area contributed by atoms with Crippen molar-refractivity contribution in [1.29, 1.82) is 0 Å². The van der Waals surface area contributed by atoms with Crippen molar-refractivity contribution >= 4 is 23.5 Å². The van der Waals surface area contributed by atoms with E-state index in [2.05, 4.69) is 0 Å². The van der Waals surface area contributed by atoms with Crippen molar-refractivity contribution in [2.24, 2.45) is 0 Å². The zero-order valence-corrected chi connectivity index (χ0v) is 11.2. The van der Waals surface area contributed by atoms with E-state index in [4.69, 9.17) is 0 Å². The van der Waals surface area contributed by atoms with Crippen LogP contribution in [-0.4, -0.2) is 17.8 Å². The topological polar surface area (TPSA) is 77.5 Å². The molecule has 0 fully saturated rings. The van der Waals surface area contributed by atoms with Gasteiger partial charge < -0.3 is 9.90 Å². The minimum absolute atomic E-state index is 0. The molecule has 5 nitrogen and oxygen atoms in total. The summed E-state index contributed by atoms with van der Waals surface area (Å²) in [5.41, 5.74) is 0.768. The summed E-state index contributed by atoms with van der Waals surface area (Å²) in [6.45, 7) is 0. The fraction of sp³-hybridized carbons (Fsp3) is 0. The molecule has 1 heterocycles. The molecule has 21 heavy (non-hydrogen) atoms. The molecule has 0 spiro atoms. The van der Waals surface area contributed by atoms with E-state index < -0.39 is 17.8 Å². The number of hydrogen-bond acceptors (Lipinski definition) is 4. The van der Waals surface area contributed by atoms with Gasteiger partial charge in [0, 0.05) is 0 Å². The third-order valence-corrected chi connectivity index (χ3v) is 3.13. The van der Waals surface area contributed by atoms with Crippen molar-refractivity contribution in [3.05, 3.63) is 65.2 Å². The Labute approximate surface area is 132 Å². The van der Waals surface area contributed by atoms with Crippen molar-refractivity contribution in [3.8, 4) is 0 Å². The van der Waals surface area contributed by atoms with Gasteiger partial charge in [0.25, 0.3) is 11.8 Å². The SMILES string of the molecule is O=C([O-])c1cccc(N2C(=O)c3ccccc3C2=O)c1.[Li+]. The first kappa shape index (κ1) is 15.0. The average molecular weight is 273 g/mol. The van der Waals surface area contributed by atoms with Crippen LogP contribution in [0.2, 0.25) is 0 Å². The van der Waals surface area contributed by atoms with Crippen LogP contribution in [0.1, 0.15) is 31.1 Å². The molecule has 0 saturated heterocycles. The maximum absolute atomic E-state index is 12.2. The molecule has 0 bridgehead atoms. The van der Waals surface area contributed by atoms with Gasteiger partial charge in [-0.25, -0.2) is 4.90 Å². The molecule has 0 aliphatic carbocycles. The number of anilines is 1. The van der Waals surface area contributed by atoms with Crippen LogP contribution in [0, 0.1) is 0 Å². The van der Waals surface area contributed by atoms with Crippen molar-refractivity contribution in [1.82, 2.24) is 0 Å². The van der Waals surface area contributed by atoms with Gasteiger partial charge in [0.2, 0.25) is 0 Å². The number of imide groups is 1. The summed E-state index contributed by atoms with van der Waals surface area (Å²) in [7, 11) is 0. The molecule has 0 saturated carbocycles. The van der Waals surface area contributed by atoms with Crippen molar-refractivity contribution in [3.63, 3.8) is 0 Å². The Morgan fingerprint density at radius 1 is 0.905 bits per heavy atom. The number of hydrogen-bond donors (Lipinski definition) is 0. The molecule has 0 N–H and O–H groups in total. The Hall–Kier alpha value is -2.35. The molecule has 1 aliphatic rings. The van der Waals surface area contributed by atoms with Crippen LogP contribution in [0.4, 0.5) is 5.69 Å². The monoisotopic (exact) mass is 273 g/mol. The van der Waals surface area contributed by atoms with Crippen LogP contribution in [0.3, 0.4) is 0 Å². The van der Waals surface area contributed by atoms with E-state index in [0.29, 0.717) is 11.1 Å². The maximum atomic E-state index is 12.2. The van der Waals surface area contributed by atoms with Gasteiger partial charge in [-0.05, 0) is 29.8 Å². The molecule has 98 valence electrons. The van der Waals surface area contributed by atoms with Crippen LogP contribution in [0.25, 0.3) is 0 Å². The normalized spacial score (nSPS) is 12.9. The Balaban J connectivity index is 0.00000161. The molecule has 3 rings (SSSR count). The Morgan fingerprint density at radius 3 is 2.00 bits per heavy atom. The molecule has 2 amide bonds. The number of rotatable bonds is 2. The minimum atomic E-state index is -1.36. The van der Waals surface area contributed by atoms with Gasteiger partial charge in [0.05, 0.1) is 22.8 Å². The molecule has 1 aliphatic heterocycles. The van der Waals surface area contributed by atoms with Crippen LogP contribution >= 0.6 is 0 Å². The number of amides is 2. The Bertz CT molecular complexity index is 722. The van der Waals surface area contributed by atoms with Gasteiger partial charge in [-0.2, -0.15) is 0 Å². The first-order valence-corrected chi connectivity index (χ1v) is 5.89. The predicted molar refractivity (Wildman–Crippen MR) is 68.4 cm³/mol. The van der Waals surface area contributed by atoms with Gasteiger partial charge in [-0.3, -0.25) is 9.59 Å². The van der Waals surface area contributed by atoms with E-state index >= 15 is 0 Å². The number of carboxylic acid groups (broad SMARTS) is 1. The number of nitrogens with zero attached hydrogens (tertiary/aromatic N) is 1. The van der Waals surface area contributed by atoms with E-state index in [0.717, 1.165) is 4.90 Å². The molecular weight excluding hydrogens is 265 g/mol. The van der Waals surface area contributed by atoms with E-state index in [1.807, 2.05) is 0 Å². The van der Waals surface area contributed by atoms with Crippen LogP contribution in [0.5, 0.6) is 0 Å². The number of aromatic carboxylic acids is 1. The average Bonchev–Trinajstić information content (AvgIpc) is 2.72. The fourth-order valence-electron chi connectivity index (χ4n) is 2.20. The van der Waals surface area contributed by atoms with Gasteiger partial charge in [-0.15, -0.1) is 0 Å². The second-order valence-corrected chi connectivity index (χ2v) is 4.33. The zero-order valence-electron chi connectivity index (χ0n) is 11.2. The Kier molecular flexibility index (Phi) is 3.99. The summed E-state index contributed by atoms with van der Waals surface area (Å²) in [6, 6.07) is 12.0. The summed E-state index contributed by atoms with van der Waals surface area (Å²) >= 11 is 0. The zero-order chi connectivity index (χ0) is 14.3.